The molecule has 0 unspecified atom stereocenters. The number of pyridine rings is 1. The van der Waals surface area contributed by atoms with E-state index >= 15 is 0 Å². The standard InChI is InChI=1S/C13H15N3/c1-16(11-6-3-2-4-7-11)10-13-12(14)8-5-9-15-13/h2-9H,10,14H2,1H3. The van der Waals surface area contributed by atoms with Crippen LogP contribution in [-0.2, 0) is 6.54 Å². The number of rotatable bonds is 3. The molecule has 0 aliphatic heterocycles. The number of aromatic nitrogens is 1. The molecule has 82 valence electrons. The maximum Gasteiger partial charge on any atom is 0.0825 e. The first-order valence-corrected chi connectivity index (χ1v) is 5.23. The summed E-state index contributed by atoms with van der Waals surface area (Å²) < 4.78 is 0. The maximum atomic E-state index is 5.86. The lowest BCUT2D eigenvalue weighted by Crippen LogP contribution is -2.18. The van der Waals surface area contributed by atoms with Crippen molar-refractivity contribution in [2.24, 2.45) is 0 Å². The summed E-state index contributed by atoms with van der Waals surface area (Å²) in [6, 6.07) is 13.9. The van der Waals surface area contributed by atoms with Crippen molar-refractivity contribution < 1.29 is 0 Å². The van der Waals surface area contributed by atoms with Crippen molar-refractivity contribution in [2.75, 3.05) is 17.7 Å². The highest BCUT2D eigenvalue weighted by Crippen LogP contribution is 2.16. The number of nitrogens with two attached hydrogens (primary N) is 1. The maximum absolute atomic E-state index is 5.86. The van der Waals surface area contributed by atoms with Crippen LogP contribution in [0, 0.1) is 0 Å². The normalized spacial score (nSPS) is 10.1. The molecule has 0 bridgehead atoms. The second kappa shape index (κ2) is 4.66. The fourth-order valence-corrected chi connectivity index (χ4v) is 1.58. The molecule has 1 aromatic heterocycles. The molecule has 2 aromatic rings. The highest BCUT2D eigenvalue weighted by molar-refractivity contribution is 5.49. The van der Waals surface area contributed by atoms with Crippen LogP contribution in [0.3, 0.4) is 0 Å². The molecule has 0 fully saturated rings. The first-order valence-electron chi connectivity index (χ1n) is 5.23. The summed E-state index contributed by atoms with van der Waals surface area (Å²) in [7, 11) is 2.03. The second-order valence-corrected chi connectivity index (χ2v) is 3.73. The van der Waals surface area contributed by atoms with Crippen LogP contribution in [0.5, 0.6) is 0 Å². The van der Waals surface area contributed by atoms with Gasteiger partial charge < -0.3 is 10.6 Å². The number of anilines is 2. The fourth-order valence-electron chi connectivity index (χ4n) is 1.58. The third kappa shape index (κ3) is 2.31. The molecule has 0 aliphatic rings. The Morgan fingerprint density at radius 2 is 1.88 bits per heavy atom. The van der Waals surface area contributed by atoms with E-state index in [2.05, 4.69) is 22.0 Å². The molecule has 3 nitrogen and oxygen atoms in total. The SMILES string of the molecule is CN(Cc1ncccc1N)c1ccccc1. The zero-order valence-electron chi connectivity index (χ0n) is 9.30. The summed E-state index contributed by atoms with van der Waals surface area (Å²) in [4.78, 5) is 6.40. The molecule has 3 heteroatoms. The summed E-state index contributed by atoms with van der Waals surface area (Å²) in [6.07, 6.45) is 1.77. The molecular formula is C13H15N3. The number of para-hydroxylation sites is 1. The third-order valence-electron chi connectivity index (χ3n) is 2.51. The number of nitrogens with zero attached hydrogens (tertiary/aromatic N) is 2. The van der Waals surface area contributed by atoms with Gasteiger partial charge in [0.2, 0.25) is 0 Å². The lowest BCUT2D eigenvalue weighted by molar-refractivity contribution is 0.888. The zero-order chi connectivity index (χ0) is 11.4. The van der Waals surface area contributed by atoms with Crippen LogP contribution in [0.4, 0.5) is 11.4 Å². The average Bonchev–Trinajstić information content (AvgIpc) is 2.33. The molecule has 0 radical (unpaired) electrons. The van der Waals surface area contributed by atoms with Gasteiger partial charge in [-0.1, -0.05) is 18.2 Å². The molecule has 0 saturated carbocycles. The van der Waals surface area contributed by atoms with Gasteiger partial charge in [0.05, 0.1) is 17.9 Å². The molecule has 1 aromatic carbocycles. The summed E-state index contributed by atoms with van der Waals surface area (Å²) >= 11 is 0. The average molecular weight is 213 g/mol. The van der Waals surface area contributed by atoms with E-state index in [1.165, 1.54) is 0 Å². The van der Waals surface area contributed by atoms with Gasteiger partial charge in [0, 0.05) is 18.9 Å². The van der Waals surface area contributed by atoms with Crippen molar-refractivity contribution >= 4 is 11.4 Å². The highest BCUT2D eigenvalue weighted by atomic mass is 15.1. The predicted molar refractivity (Wildman–Crippen MR) is 67.2 cm³/mol. The molecule has 1 heterocycles. The second-order valence-electron chi connectivity index (χ2n) is 3.73. The van der Waals surface area contributed by atoms with Crippen molar-refractivity contribution in [1.82, 2.24) is 4.98 Å². The Kier molecular flexibility index (Phi) is 3.05. The van der Waals surface area contributed by atoms with Crippen LogP contribution in [0.25, 0.3) is 0 Å². The minimum Gasteiger partial charge on any atom is -0.397 e. The summed E-state index contributed by atoms with van der Waals surface area (Å²) in [6.45, 7) is 0.719. The van der Waals surface area contributed by atoms with Gasteiger partial charge in [-0.3, -0.25) is 4.98 Å². The van der Waals surface area contributed by atoms with Crippen molar-refractivity contribution in [1.29, 1.82) is 0 Å². The lowest BCUT2D eigenvalue weighted by Gasteiger charge is -2.19. The summed E-state index contributed by atoms with van der Waals surface area (Å²) in [5, 5.41) is 0. The topological polar surface area (TPSA) is 42.2 Å². The van der Waals surface area contributed by atoms with Gasteiger partial charge in [0.15, 0.2) is 0 Å². The molecule has 0 atom stereocenters. The first kappa shape index (κ1) is 10.5. The number of benzene rings is 1. The van der Waals surface area contributed by atoms with E-state index < -0.39 is 0 Å². The van der Waals surface area contributed by atoms with Gasteiger partial charge in [0.25, 0.3) is 0 Å². The lowest BCUT2D eigenvalue weighted by atomic mass is 10.2. The Morgan fingerprint density at radius 3 is 2.56 bits per heavy atom. The highest BCUT2D eigenvalue weighted by Gasteiger charge is 2.04. The van der Waals surface area contributed by atoms with E-state index in [0.29, 0.717) is 0 Å². The van der Waals surface area contributed by atoms with Crippen LogP contribution in [0.15, 0.2) is 48.7 Å². The molecular weight excluding hydrogens is 198 g/mol. The molecule has 0 spiro atoms. The Morgan fingerprint density at radius 1 is 1.12 bits per heavy atom. The molecule has 16 heavy (non-hydrogen) atoms. The van der Waals surface area contributed by atoms with Crippen LogP contribution in [0.1, 0.15) is 5.69 Å². The van der Waals surface area contributed by atoms with Gasteiger partial charge in [-0.2, -0.15) is 0 Å². The van der Waals surface area contributed by atoms with Crippen LogP contribution in [0.2, 0.25) is 0 Å². The quantitative estimate of drug-likeness (QED) is 0.850. The van der Waals surface area contributed by atoms with Crippen molar-refractivity contribution in [3.63, 3.8) is 0 Å². The van der Waals surface area contributed by atoms with Crippen molar-refractivity contribution in [3.8, 4) is 0 Å². The van der Waals surface area contributed by atoms with Gasteiger partial charge in [-0.05, 0) is 24.3 Å². The third-order valence-corrected chi connectivity index (χ3v) is 2.51. The minimum absolute atomic E-state index is 0.719. The Bertz CT molecular complexity index is 454. The molecule has 0 saturated heterocycles. The summed E-state index contributed by atoms with van der Waals surface area (Å²) in [5.41, 5.74) is 8.67. The Balaban J connectivity index is 2.14. The first-order chi connectivity index (χ1) is 7.77. The van der Waals surface area contributed by atoms with Crippen molar-refractivity contribution in [3.05, 3.63) is 54.4 Å². The Hall–Kier alpha value is -2.03. The number of hydrogen-bond acceptors (Lipinski definition) is 3. The van der Waals surface area contributed by atoms with E-state index in [0.717, 1.165) is 23.6 Å². The molecule has 0 amide bonds. The van der Waals surface area contributed by atoms with Crippen LogP contribution >= 0.6 is 0 Å². The van der Waals surface area contributed by atoms with E-state index in [1.807, 2.05) is 37.4 Å². The largest absolute Gasteiger partial charge is 0.397 e. The molecule has 2 rings (SSSR count). The molecule has 0 aliphatic carbocycles. The molecule has 2 N–H and O–H groups in total. The monoisotopic (exact) mass is 213 g/mol. The van der Waals surface area contributed by atoms with Gasteiger partial charge in [-0.15, -0.1) is 0 Å². The zero-order valence-corrected chi connectivity index (χ0v) is 9.30. The van der Waals surface area contributed by atoms with Gasteiger partial charge in [0.1, 0.15) is 0 Å². The van der Waals surface area contributed by atoms with Crippen molar-refractivity contribution in [2.45, 2.75) is 6.54 Å². The van der Waals surface area contributed by atoms with E-state index in [4.69, 9.17) is 5.73 Å². The number of nitrogen functional groups attached to an aromatic ring is 1. The van der Waals surface area contributed by atoms with E-state index in [1.54, 1.807) is 6.20 Å². The smallest absolute Gasteiger partial charge is 0.0825 e. The Labute approximate surface area is 95.5 Å². The van der Waals surface area contributed by atoms with Gasteiger partial charge in [-0.25, -0.2) is 0 Å². The predicted octanol–water partition coefficient (Wildman–Crippen LogP) is 2.30. The fraction of sp³-hybridized carbons (Fsp3) is 0.154. The van der Waals surface area contributed by atoms with E-state index in [9.17, 15) is 0 Å². The van der Waals surface area contributed by atoms with Crippen LogP contribution in [-0.4, -0.2) is 12.0 Å². The van der Waals surface area contributed by atoms with E-state index in [-0.39, 0.29) is 0 Å². The van der Waals surface area contributed by atoms with Crippen LogP contribution < -0.4 is 10.6 Å². The number of hydrogen-bond donors (Lipinski definition) is 1. The summed E-state index contributed by atoms with van der Waals surface area (Å²) in [5.74, 6) is 0. The minimum atomic E-state index is 0.719. The van der Waals surface area contributed by atoms with Gasteiger partial charge >= 0.3 is 0 Å².